The van der Waals surface area contributed by atoms with Crippen molar-refractivity contribution in [2.24, 2.45) is 0 Å². The highest BCUT2D eigenvalue weighted by Crippen LogP contribution is 2.39. The highest BCUT2D eigenvalue weighted by atomic mass is 19.2. The van der Waals surface area contributed by atoms with Crippen LogP contribution in [0.4, 0.5) is 20.3 Å². The molecule has 1 N–H and O–H groups in total. The molecule has 2 aliphatic heterocycles. The quantitative estimate of drug-likeness (QED) is 0.684. The van der Waals surface area contributed by atoms with Crippen LogP contribution in [-0.4, -0.2) is 46.8 Å². The van der Waals surface area contributed by atoms with E-state index in [0.29, 0.717) is 40.5 Å². The molecule has 0 spiro atoms. The number of hydrogen-bond donors (Lipinski definition) is 1. The molecule has 1 saturated heterocycles. The summed E-state index contributed by atoms with van der Waals surface area (Å²) < 4.78 is 29.6. The van der Waals surface area contributed by atoms with Gasteiger partial charge < -0.3 is 15.1 Å². The summed E-state index contributed by atoms with van der Waals surface area (Å²) in [6.07, 6.45) is 0. The minimum absolute atomic E-state index is 0.348. The number of pyridine rings is 1. The average molecular weight is 396 g/mol. The summed E-state index contributed by atoms with van der Waals surface area (Å²) in [5, 5.41) is 3.52. The van der Waals surface area contributed by atoms with E-state index in [0.717, 1.165) is 30.7 Å². The number of fused-ring (bicyclic) bond motifs is 5. The zero-order valence-electron chi connectivity index (χ0n) is 16.6. The van der Waals surface area contributed by atoms with Crippen molar-refractivity contribution < 1.29 is 8.78 Å². The van der Waals surface area contributed by atoms with Gasteiger partial charge in [-0.15, -0.1) is 0 Å². The number of piperazine rings is 1. The number of hydrogen-bond acceptors (Lipinski definition) is 5. The van der Waals surface area contributed by atoms with Crippen LogP contribution in [0.15, 0.2) is 30.8 Å². The van der Waals surface area contributed by atoms with Crippen LogP contribution >= 0.6 is 0 Å². The van der Waals surface area contributed by atoms with Crippen LogP contribution in [0.1, 0.15) is 19.7 Å². The van der Waals surface area contributed by atoms with E-state index in [9.17, 15) is 8.78 Å². The van der Waals surface area contributed by atoms with Crippen molar-refractivity contribution in [3.63, 3.8) is 0 Å². The maximum atomic E-state index is 14.0. The molecule has 0 saturated carbocycles. The number of aromatic nitrogens is 3. The summed E-state index contributed by atoms with van der Waals surface area (Å²) in [6.45, 7) is 10.1. The lowest BCUT2D eigenvalue weighted by molar-refractivity contribution is 0.405. The van der Waals surface area contributed by atoms with Gasteiger partial charge in [0.05, 0.1) is 22.4 Å². The Morgan fingerprint density at radius 1 is 1.07 bits per heavy atom. The maximum Gasteiger partial charge on any atom is 0.165 e. The molecule has 2 atom stereocenters. The SMILES string of the molecule is C=C1c2nc3cc(F)c(F)cc3n2-c2nc(N3C[C@@H](C)N[C@@H](C)C3)ccc2N1C. The summed E-state index contributed by atoms with van der Waals surface area (Å²) in [5.74, 6) is 0.191. The van der Waals surface area contributed by atoms with E-state index in [1.807, 2.05) is 24.1 Å². The van der Waals surface area contributed by atoms with Crippen LogP contribution in [0.3, 0.4) is 0 Å². The predicted molar refractivity (Wildman–Crippen MR) is 110 cm³/mol. The minimum Gasteiger partial charge on any atom is -0.353 e. The first-order chi connectivity index (χ1) is 13.8. The average Bonchev–Trinajstić information content (AvgIpc) is 3.04. The molecule has 0 radical (unpaired) electrons. The summed E-state index contributed by atoms with van der Waals surface area (Å²) in [4.78, 5) is 13.6. The highest BCUT2D eigenvalue weighted by Gasteiger charge is 2.30. The van der Waals surface area contributed by atoms with Gasteiger partial charge >= 0.3 is 0 Å². The Morgan fingerprint density at radius 2 is 1.76 bits per heavy atom. The lowest BCUT2D eigenvalue weighted by Crippen LogP contribution is -2.54. The van der Waals surface area contributed by atoms with Gasteiger partial charge in [0.1, 0.15) is 5.82 Å². The lowest BCUT2D eigenvalue weighted by Gasteiger charge is -2.38. The van der Waals surface area contributed by atoms with Gasteiger partial charge in [0.2, 0.25) is 0 Å². The van der Waals surface area contributed by atoms with Crippen molar-refractivity contribution in [2.45, 2.75) is 25.9 Å². The summed E-state index contributed by atoms with van der Waals surface area (Å²) in [7, 11) is 1.89. The number of rotatable bonds is 1. The third-order valence-electron chi connectivity index (χ3n) is 5.65. The number of nitrogens with one attached hydrogen (secondary N) is 1. The van der Waals surface area contributed by atoms with Crippen LogP contribution in [0, 0.1) is 11.6 Å². The second-order valence-corrected chi connectivity index (χ2v) is 7.92. The molecule has 0 unspecified atom stereocenters. The Labute approximate surface area is 167 Å². The van der Waals surface area contributed by atoms with Gasteiger partial charge in [-0.1, -0.05) is 6.58 Å². The van der Waals surface area contributed by atoms with Crippen molar-refractivity contribution in [3.8, 4) is 5.82 Å². The van der Waals surface area contributed by atoms with E-state index in [1.54, 1.807) is 4.57 Å². The molecule has 150 valence electrons. The van der Waals surface area contributed by atoms with Crippen LogP contribution in [0.25, 0.3) is 22.5 Å². The van der Waals surface area contributed by atoms with Crippen molar-refractivity contribution in [3.05, 3.63) is 48.3 Å². The Bertz CT molecular complexity index is 1140. The molecule has 6 nitrogen and oxygen atoms in total. The molecule has 5 rings (SSSR count). The molecule has 4 heterocycles. The predicted octanol–water partition coefficient (Wildman–Crippen LogP) is 3.31. The molecule has 2 aliphatic rings. The monoisotopic (exact) mass is 396 g/mol. The van der Waals surface area contributed by atoms with E-state index < -0.39 is 11.6 Å². The van der Waals surface area contributed by atoms with Crippen LogP contribution in [-0.2, 0) is 0 Å². The fourth-order valence-electron chi connectivity index (χ4n) is 4.32. The molecular formula is C21H22F2N6. The smallest absolute Gasteiger partial charge is 0.165 e. The van der Waals surface area contributed by atoms with Gasteiger partial charge in [-0.05, 0) is 26.0 Å². The Kier molecular flexibility index (Phi) is 3.89. The largest absolute Gasteiger partial charge is 0.353 e. The Balaban J connectivity index is 1.71. The van der Waals surface area contributed by atoms with Gasteiger partial charge in [-0.25, -0.2) is 18.7 Å². The fourth-order valence-corrected chi connectivity index (χ4v) is 4.32. The molecule has 1 aromatic carbocycles. The van der Waals surface area contributed by atoms with Gasteiger partial charge in [0, 0.05) is 44.4 Å². The zero-order valence-corrected chi connectivity index (χ0v) is 16.6. The van der Waals surface area contributed by atoms with Gasteiger partial charge in [-0.2, -0.15) is 0 Å². The van der Waals surface area contributed by atoms with E-state index in [1.165, 1.54) is 6.07 Å². The lowest BCUT2D eigenvalue weighted by atomic mass is 10.1. The number of halogens is 2. The normalized spacial score (nSPS) is 21.5. The molecule has 2 aromatic heterocycles. The van der Waals surface area contributed by atoms with Crippen molar-refractivity contribution >= 4 is 28.2 Å². The van der Waals surface area contributed by atoms with E-state index >= 15 is 0 Å². The first-order valence-corrected chi connectivity index (χ1v) is 9.66. The summed E-state index contributed by atoms with van der Waals surface area (Å²) in [6, 6.07) is 6.98. The number of benzene rings is 1. The number of anilines is 2. The second kappa shape index (κ2) is 6.25. The molecule has 0 amide bonds. The van der Waals surface area contributed by atoms with E-state index in [2.05, 4.69) is 35.6 Å². The first-order valence-electron chi connectivity index (χ1n) is 9.66. The Hall–Kier alpha value is -3.00. The minimum atomic E-state index is -0.919. The molecule has 0 bridgehead atoms. The van der Waals surface area contributed by atoms with Crippen molar-refractivity contribution in [1.29, 1.82) is 0 Å². The molecule has 0 aliphatic carbocycles. The standard InChI is InChI=1S/C21H22F2N6/c1-11-9-28(10-12(2)24-11)19-6-5-17-21(26-19)29-18-8-15(23)14(22)7-16(18)25-20(29)13(3)27(17)4/h5-8,11-12,24H,3,9-10H2,1-2,4H3/t11-,12+. The first kappa shape index (κ1) is 18.1. The number of imidazole rings is 1. The topological polar surface area (TPSA) is 49.2 Å². The molecule has 8 heteroatoms. The van der Waals surface area contributed by atoms with Crippen LogP contribution < -0.4 is 15.1 Å². The third-order valence-corrected chi connectivity index (χ3v) is 5.65. The second-order valence-electron chi connectivity index (χ2n) is 7.92. The molecule has 1 fully saturated rings. The third kappa shape index (κ3) is 2.70. The van der Waals surface area contributed by atoms with Crippen LogP contribution in [0.5, 0.6) is 0 Å². The van der Waals surface area contributed by atoms with Crippen molar-refractivity contribution in [1.82, 2.24) is 19.9 Å². The molecule has 29 heavy (non-hydrogen) atoms. The van der Waals surface area contributed by atoms with Crippen LogP contribution in [0.2, 0.25) is 0 Å². The van der Waals surface area contributed by atoms with Crippen molar-refractivity contribution in [2.75, 3.05) is 29.9 Å². The maximum absolute atomic E-state index is 14.0. The summed E-state index contributed by atoms with van der Waals surface area (Å²) in [5.41, 5.74) is 2.33. The van der Waals surface area contributed by atoms with Gasteiger partial charge in [0.15, 0.2) is 23.3 Å². The Morgan fingerprint density at radius 3 is 2.48 bits per heavy atom. The zero-order chi connectivity index (χ0) is 20.4. The van der Waals surface area contributed by atoms with Gasteiger partial charge in [-0.3, -0.25) is 4.57 Å². The highest BCUT2D eigenvalue weighted by molar-refractivity contribution is 5.91. The fraction of sp³-hybridized carbons (Fsp3) is 0.333. The summed E-state index contributed by atoms with van der Waals surface area (Å²) >= 11 is 0. The molecule has 3 aromatic rings. The van der Waals surface area contributed by atoms with E-state index in [4.69, 9.17) is 4.98 Å². The molecular weight excluding hydrogens is 374 g/mol. The van der Waals surface area contributed by atoms with Gasteiger partial charge in [0.25, 0.3) is 0 Å². The number of nitrogens with zero attached hydrogens (tertiary/aromatic N) is 5. The van der Waals surface area contributed by atoms with E-state index in [-0.39, 0.29) is 0 Å².